The van der Waals surface area contributed by atoms with Crippen LogP contribution in [0.4, 0.5) is 5.69 Å². The zero-order chi connectivity index (χ0) is 12.8. The third kappa shape index (κ3) is 3.99. The molecule has 6 heteroatoms. The van der Waals surface area contributed by atoms with Crippen molar-refractivity contribution >= 4 is 29.4 Å². The van der Waals surface area contributed by atoms with Crippen molar-refractivity contribution in [2.45, 2.75) is 11.3 Å². The number of carboxylic acids is 1. The van der Waals surface area contributed by atoms with Gasteiger partial charge in [-0.05, 0) is 18.2 Å². The first-order valence-corrected chi connectivity index (χ1v) is 5.85. The van der Waals surface area contributed by atoms with E-state index in [-0.39, 0.29) is 18.0 Å². The predicted molar refractivity (Wildman–Crippen MR) is 65.2 cm³/mol. The van der Waals surface area contributed by atoms with Gasteiger partial charge in [-0.3, -0.25) is 4.79 Å². The molecule has 0 atom stereocenters. The Morgan fingerprint density at radius 2 is 2.18 bits per heavy atom. The molecule has 17 heavy (non-hydrogen) atoms. The van der Waals surface area contributed by atoms with E-state index >= 15 is 0 Å². The summed E-state index contributed by atoms with van der Waals surface area (Å²) in [5.41, 5.74) is 6.07. The van der Waals surface area contributed by atoms with Crippen molar-refractivity contribution in [2.75, 3.05) is 18.6 Å². The van der Waals surface area contributed by atoms with E-state index < -0.39 is 5.97 Å². The first-order valence-electron chi connectivity index (χ1n) is 4.87. The van der Waals surface area contributed by atoms with E-state index in [0.29, 0.717) is 16.3 Å². The standard InChI is InChI=1S/C11H13NO4S/c1-16-10(13)4-5-17-9-3-2-7(12)6-8(9)11(14)15/h2-3,6H,4-5,12H2,1H3,(H,14,15). The fourth-order valence-electron chi connectivity index (χ4n) is 1.19. The number of ether oxygens (including phenoxy) is 1. The van der Waals surface area contributed by atoms with Crippen molar-refractivity contribution < 1.29 is 19.4 Å². The number of nitrogen functional groups attached to an aromatic ring is 1. The molecule has 0 amide bonds. The van der Waals surface area contributed by atoms with Gasteiger partial charge in [-0.15, -0.1) is 11.8 Å². The quantitative estimate of drug-likeness (QED) is 0.472. The van der Waals surface area contributed by atoms with Gasteiger partial charge < -0.3 is 15.6 Å². The van der Waals surface area contributed by atoms with E-state index in [1.807, 2.05) is 0 Å². The number of carbonyl (C=O) groups excluding carboxylic acids is 1. The number of methoxy groups -OCH3 is 1. The number of aromatic carboxylic acids is 1. The maximum atomic E-state index is 11.0. The van der Waals surface area contributed by atoms with E-state index in [2.05, 4.69) is 4.74 Å². The van der Waals surface area contributed by atoms with Crippen molar-refractivity contribution in [3.05, 3.63) is 23.8 Å². The van der Waals surface area contributed by atoms with Crippen LogP contribution >= 0.6 is 11.8 Å². The molecule has 0 bridgehead atoms. The molecule has 5 nitrogen and oxygen atoms in total. The summed E-state index contributed by atoms with van der Waals surface area (Å²) in [5.74, 6) is -0.876. The lowest BCUT2D eigenvalue weighted by Gasteiger charge is -2.06. The van der Waals surface area contributed by atoms with Crippen molar-refractivity contribution in [1.29, 1.82) is 0 Å². The van der Waals surface area contributed by atoms with Crippen molar-refractivity contribution in [3.8, 4) is 0 Å². The Morgan fingerprint density at radius 1 is 1.47 bits per heavy atom. The van der Waals surface area contributed by atoms with Gasteiger partial charge in [0.25, 0.3) is 0 Å². The molecule has 0 fully saturated rings. The second-order valence-electron chi connectivity index (χ2n) is 3.24. The Morgan fingerprint density at radius 3 is 2.76 bits per heavy atom. The van der Waals surface area contributed by atoms with Crippen LogP contribution < -0.4 is 5.73 Å². The van der Waals surface area contributed by atoms with Crippen LogP contribution in [-0.4, -0.2) is 29.9 Å². The number of rotatable bonds is 5. The molecule has 0 heterocycles. The minimum atomic E-state index is -1.03. The molecule has 0 spiro atoms. The summed E-state index contributed by atoms with van der Waals surface area (Å²) < 4.78 is 4.50. The number of anilines is 1. The number of hydrogen-bond donors (Lipinski definition) is 2. The Labute approximate surface area is 103 Å². The highest BCUT2D eigenvalue weighted by Gasteiger charge is 2.11. The number of benzene rings is 1. The zero-order valence-electron chi connectivity index (χ0n) is 9.30. The lowest BCUT2D eigenvalue weighted by Crippen LogP contribution is -2.03. The van der Waals surface area contributed by atoms with Gasteiger partial charge in [-0.2, -0.15) is 0 Å². The molecule has 0 unspecified atom stereocenters. The molecule has 0 radical (unpaired) electrons. The van der Waals surface area contributed by atoms with Crippen LogP contribution in [0.1, 0.15) is 16.8 Å². The fourth-order valence-corrected chi connectivity index (χ4v) is 2.14. The molecule has 0 aliphatic carbocycles. The molecule has 0 saturated heterocycles. The molecule has 0 aromatic heterocycles. The normalized spacial score (nSPS) is 9.94. The molecule has 1 aromatic carbocycles. The van der Waals surface area contributed by atoms with E-state index in [0.717, 1.165) is 0 Å². The van der Waals surface area contributed by atoms with Gasteiger partial charge >= 0.3 is 11.9 Å². The van der Waals surface area contributed by atoms with Crippen molar-refractivity contribution in [1.82, 2.24) is 0 Å². The highest BCUT2D eigenvalue weighted by molar-refractivity contribution is 7.99. The average Bonchev–Trinajstić information content (AvgIpc) is 2.30. The van der Waals surface area contributed by atoms with Crippen LogP contribution in [0.2, 0.25) is 0 Å². The molecule has 1 rings (SSSR count). The monoisotopic (exact) mass is 255 g/mol. The first-order chi connectivity index (χ1) is 8.04. The molecule has 0 aliphatic rings. The lowest BCUT2D eigenvalue weighted by atomic mass is 10.2. The third-order valence-corrected chi connectivity index (χ3v) is 3.10. The van der Waals surface area contributed by atoms with Crippen LogP contribution in [0.15, 0.2) is 23.1 Å². The molecule has 1 aromatic rings. The summed E-state index contributed by atoms with van der Waals surface area (Å²) in [6.45, 7) is 0. The minimum Gasteiger partial charge on any atom is -0.478 e. The molecule has 0 aliphatic heterocycles. The van der Waals surface area contributed by atoms with Crippen LogP contribution in [0.5, 0.6) is 0 Å². The average molecular weight is 255 g/mol. The molecule has 0 saturated carbocycles. The Hall–Kier alpha value is -1.69. The van der Waals surface area contributed by atoms with Gasteiger partial charge in [0.15, 0.2) is 0 Å². The van der Waals surface area contributed by atoms with Gasteiger partial charge in [0.2, 0.25) is 0 Å². The number of hydrogen-bond acceptors (Lipinski definition) is 5. The summed E-state index contributed by atoms with van der Waals surface area (Å²) in [6, 6.07) is 4.68. The SMILES string of the molecule is COC(=O)CCSc1ccc(N)cc1C(=O)O. The van der Waals surface area contributed by atoms with E-state index in [4.69, 9.17) is 10.8 Å². The smallest absolute Gasteiger partial charge is 0.336 e. The van der Waals surface area contributed by atoms with Crippen LogP contribution in [-0.2, 0) is 9.53 Å². The maximum Gasteiger partial charge on any atom is 0.336 e. The van der Waals surface area contributed by atoms with Gasteiger partial charge in [0, 0.05) is 16.3 Å². The third-order valence-electron chi connectivity index (χ3n) is 2.03. The molecule has 3 N–H and O–H groups in total. The van der Waals surface area contributed by atoms with E-state index in [1.54, 1.807) is 12.1 Å². The Kier molecular flexibility index (Phi) is 4.84. The number of thioether (sulfide) groups is 1. The summed E-state index contributed by atoms with van der Waals surface area (Å²) in [5, 5.41) is 8.98. The number of nitrogens with two attached hydrogens (primary N) is 1. The number of carboxylic acid groups (broad SMARTS) is 1. The van der Waals surface area contributed by atoms with Gasteiger partial charge in [-0.1, -0.05) is 0 Å². The Bertz CT molecular complexity index is 433. The minimum absolute atomic E-state index is 0.153. The van der Waals surface area contributed by atoms with Crippen LogP contribution in [0.3, 0.4) is 0 Å². The second kappa shape index (κ2) is 6.15. The van der Waals surface area contributed by atoms with Gasteiger partial charge in [0.1, 0.15) is 0 Å². The van der Waals surface area contributed by atoms with E-state index in [9.17, 15) is 9.59 Å². The number of carbonyl (C=O) groups is 2. The molecule has 92 valence electrons. The van der Waals surface area contributed by atoms with Crippen LogP contribution in [0.25, 0.3) is 0 Å². The Balaban J connectivity index is 2.70. The first kappa shape index (κ1) is 13.4. The van der Waals surface area contributed by atoms with Crippen molar-refractivity contribution in [3.63, 3.8) is 0 Å². The molecular formula is C11H13NO4S. The summed E-state index contributed by atoms with van der Waals surface area (Å²) in [6.07, 6.45) is 0.241. The molecular weight excluding hydrogens is 242 g/mol. The topological polar surface area (TPSA) is 89.6 Å². The van der Waals surface area contributed by atoms with Gasteiger partial charge in [-0.25, -0.2) is 4.79 Å². The largest absolute Gasteiger partial charge is 0.478 e. The summed E-state index contributed by atoms with van der Waals surface area (Å²) in [7, 11) is 1.32. The second-order valence-corrected chi connectivity index (χ2v) is 4.37. The highest BCUT2D eigenvalue weighted by atomic mass is 32.2. The summed E-state index contributed by atoms with van der Waals surface area (Å²) in [4.78, 5) is 22.5. The lowest BCUT2D eigenvalue weighted by molar-refractivity contribution is -0.140. The predicted octanol–water partition coefficient (Wildman–Crippen LogP) is 1.62. The van der Waals surface area contributed by atoms with Crippen LogP contribution in [0, 0.1) is 0 Å². The van der Waals surface area contributed by atoms with Crippen molar-refractivity contribution in [2.24, 2.45) is 0 Å². The van der Waals surface area contributed by atoms with E-state index in [1.165, 1.54) is 24.9 Å². The number of esters is 1. The maximum absolute atomic E-state index is 11.0. The summed E-state index contributed by atoms with van der Waals surface area (Å²) >= 11 is 1.29. The van der Waals surface area contributed by atoms with Gasteiger partial charge in [0.05, 0.1) is 19.1 Å². The highest BCUT2D eigenvalue weighted by Crippen LogP contribution is 2.25. The zero-order valence-corrected chi connectivity index (χ0v) is 10.1. The fraction of sp³-hybridized carbons (Fsp3) is 0.273.